The molecule has 4 rings (SSSR count). The van der Waals surface area contributed by atoms with Crippen LogP contribution in [0.3, 0.4) is 0 Å². The lowest BCUT2D eigenvalue weighted by atomic mass is 9.86. The summed E-state index contributed by atoms with van der Waals surface area (Å²) in [6, 6.07) is 13.1. The fraction of sp³-hybridized carbons (Fsp3) is 0.300. The lowest BCUT2D eigenvalue weighted by Crippen LogP contribution is -2.48. The zero-order valence-electron chi connectivity index (χ0n) is 14.8. The molecule has 0 amide bonds. The highest BCUT2D eigenvalue weighted by molar-refractivity contribution is 7.89. The first-order chi connectivity index (χ1) is 12.8. The van der Waals surface area contributed by atoms with Gasteiger partial charge in [0.2, 0.25) is 10.0 Å². The van der Waals surface area contributed by atoms with Crippen molar-refractivity contribution in [3.63, 3.8) is 0 Å². The third-order valence-corrected chi connectivity index (χ3v) is 7.10. The highest BCUT2D eigenvalue weighted by atomic mass is 32.2. The summed E-state index contributed by atoms with van der Waals surface area (Å²) in [7, 11) is -3.76. The number of ketones is 1. The topological polar surface area (TPSA) is 80.8 Å². The van der Waals surface area contributed by atoms with Crippen LogP contribution in [0.4, 0.5) is 0 Å². The number of hydrogen-bond acceptors (Lipinski definition) is 5. The fourth-order valence-corrected chi connectivity index (χ4v) is 5.37. The van der Waals surface area contributed by atoms with E-state index in [9.17, 15) is 18.0 Å². The molecule has 7 heteroatoms. The average molecular weight is 385 g/mol. The maximum atomic E-state index is 13.1. The van der Waals surface area contributed by atoms with Crippen LogP contribution in [-0.4, -0.2) is 37.6 Å². The second-order valence-electron chi connectivity index (χ2n) is 6.95. The molecule has 2 aliphatic heterocycles. The van der Waals surface area contributed by atoms with Gasteiger partial charge in [0, 0.05) is 17.7 Å². The molecule has 2 aromatic carbocycles. The van der Waals surface area contributed by atoms with Crippen LogP contribution in [0, 0.1) is 0 Å². The summed E-state index contributed by atoms with van der Waals surface area (Å²) in [4.78, 5) is 23.8. The summed E-state index contributed by atoms with van der Waals surface area (Å²) in [6.07, 6.45) is 1.18. The summed E-state index contributed by atoms with van der Waals surface area (Å²) in [5, 5.41) is 0. The molecule has 1 saturated heterocycles. The van der Waals surface area contributed by atoms with Crippen LogP contribution < -0.4 is 0 Å². The molecule has 2 heterocycles. The molecule has 0 aliphatic carbocycles. The number of hydrogen-bond donors (Lipinski definition) is 0. The number of rotatable bonds is 3. The predicted octanol–water partition coefficient (Wildman–Crippen LogP) is 2.74. The fourth-order valence-electron chi connectivity index (χ4n) is 3.85. The van der Waals surface area contributed by atoms with E-state index < -0.39 is 21.6 Å². The largest absolute Gasteiger partial charge is 0.449 e. The molecular weight excluding hydrogens is 366 g/mol. The van der Waals surface area contributed by atoms with E-state index in [2.05, 4.69) is 0 Å². The molecule has 0 bridgehead atoms. The minimum Gasteiger partial charge on any atom is -0.449 e. The Morgan fingerprint density at radius 2 is 1.81 bits per heavy atom. The van der Waals surface area contributed by atoms with Crippen LogP contribution in [-0.2, 0) is 20.4 Å². The van der Waals surface area contributed by atoms with Gasteiger partial charge in [-0.3, -0.25) is 4.79 Å². The van der Waals surface area contributed by atoms with Crippen LogP contribution in [0.1, 0.15) is 46.0 Å². The number of piperidine rings is 1. The van der Waals surface area contributed by atoms with E-state index >= 15 is 0 Å². The van der Waals surface area contributed by atoms with Crippen molar-refractivity contribution in [1.82, 2.24) is 4.31 Å². The maximum absolute atomic E-state index is 13.1. The Morgan fingerprint density at radius 1 is 1.11 bits per heavy atom. The Morgan fingerprint density at radius 3 is 2.52 bits per heavy atom. The molecule has 1 spiro atoms. The summed E-state index contributed by atoms with van der Waals surface area (Å²) >= 11 is 0. The number of carbonyl (C=O) groups excluding carboxylic acids is 2. The first kappa shape index (κ1) is 17.9. The third kappa shape index (κ3) is 2.87. The zero-order valence-corrected chi connectivity index (χ0v) is 15.7. The van der Waals surface area contributed by atoms with Crippen LogP contribution in [0.5, 0.6) is 0 Å². The van der Waals surface area contributed by atoms with Crippen molar-refractivity contribution < 1.29 is 22.7 Å². The number of benzene rings is 2. The lowest BCUT2D eigenvalue weighted by molar-refractivity contribution is -0.0345. The second-order valence-corrected chi connectivity index (χ2v) is 8.89. The van der Waals surface area contributed by atoms with Crippen molar-refractivity contribution in [3.8, 4) is 0 Å². The molecule has 1 atom stereocenters. The van der Waals surface area contributed by atoms with E-state index in [1.807, 2.05) is 12.1 Å². The quantitative estimate of drug-likeness (QED) is 0.599. The van der Waals surface area contributed by atoms with Crippen molar-refractivity contribution in [2.24, 2.45) is 0 Å². The summed E-state index contributed by atoms with van der Waals surface area (Å²) in [5.74, 6) is -0.527. The van der Waals surface area contributed by atoms with Crippen molar-refractivity contribution >= 4 is 21.8 Å². The minimum atomic E-state index is -3.76. The molecule has 6 nitrogen and oxygen atoms in total. The van der Waals surface area contributed by atoms with E-state index in [0.29, 0.717) is 30.5 Å². The van der Waals surface area contributed by atoms with Crippen LogP contribution in [0.25, 0.3) is 0 Å². The smallest absolute Gasteiger partial charge is 0.339 e. The van der Waals surface area contributed by atoms with Gasteiger partial charge in [0.05, 0.1) is 17.0 Å². The molecule has 1 fully saturated rings. The van der Waals surface area contributed by atoms with Crippen LogP contribution >= 0.6 is 0 Å². The normalized spacial score (nSPS) is 22.5. The molecule has 0 N–H and O–H groups in total. The first-order valence-electron chi connectivity index (χ1n) is 8.77. The standard InChI is InChI=1S/C20H19NO5S/c1-14(22)15-7-9-16(10-8-15)27(24,25)21-12-4-11-20(13-21)18-6-3-2-5-17(18)19(23)26-20/h2-3,5-10H,4,11-13H2,1H3. The van der Waals surface area contributed by atoms with Gasteiger partial charge in [-0.1, -0.05) is 30.3 Å². The van der Waals surface area contributed by atoms with Gasteiger partial charge in [0.25, 0.3) is 0 Å². The lowest BCUT2D eigenvalue weighted by Gasteiger charge is -2.38. The monoisotopic (exact) mass is 385 g/mol. The Hall–Kier alpha value is -2.51. The van der Waals surface area contributed by atoms with Crippen LogP contribution in [0.15, 0.2) is 53.4 Å². The molecule has 1 unspecified atom stereocenters. The SMILES string of the molecule is CC(=O)c1ccc(S(=O)(=O)N2CCCC3(C2)OC(=O)c2ccccc23)cc1. The third-order valence-electron chi connectivity index (χ3n) is 5.24. The summed E-state index contributed by atoms with van der Waals surface area (Å²) in [6.45, 7) is 1.88. The van der Waals surface area contributed by atoms with Gasteiger partial charge in [-0.2, -0.15) is 4.31 Å². The molecule has 2 aromatic rings. The number of nitrogens with zero attached hydrogens (tertiary/aromatic N) is 1. The van der Waals surface area contributed by atoms with E-state index in [4.69, 9.17) is 4.74 Å². The van der Waals surface area contributed by atoms with Crippen LogP contribution in [0.2, 0.25) is 0 Å². The molecule has 0 aromatic heterocycles. The Bertz CT molecular complexity index is 1030. The van der Waals surface area contributed by atoms with E-state index in [1.165, 1.54) is 35.5 Å². The minimum absolute atomic E-state index is 0.0898. The highest BCUT2D eigenvalue weighted by Crippen LogP contribution is 2.43. The highest BCUT2D eigenvalue weighted by Gasteiger charge is 2.50. The molecule has 27 heavy (non-hydrogen) atoms. The summed E-state index contributed by atoms with van der Waals surface area (Å²) < 4.78 is 33.3. The number of fused-ring (bicyclic) bond motifs is 2. The summed E-state index contributed by atoms with van der Waals surface area (Å²) in [5.41, 5.74) is 0.783. The molecular formula is C20H19NO5S. The van der Waals surface area contributed by atoms with E-state index in [1.54, 1.807) is 12.1 Å². The number of carbonyl (C=O) groups is 2. The van der Waals surface area contributed by atoms with Crippen molar-refractivity contribution in [3.05, 3.63) is 65.2 Å². The average Bonchev–Trinajstić information content (AvgIpc) is 2.93. The van der Waals surface area contributed by atoms with Gasteiger partial charge in [0.15, 0.2) is 11.4 Å². The molecule has 2 aliphatic rings. The number of ether oxygens (including phenoxy) is 1. The van der Waals surface area contributed by atoms with Crippen molar-refractivity contribution in [1.29, 1.82) is 0 Å². The number of esters is 1. The maximum Gasteiger partial charge on any atom is 0.339 e. The number of sulfonamides is 1. The van der Waals surface area contributed by atoms with Gasteiger partial charge in [0.1, 0.15) is 0 Å². The Kier molecular flexibility index (Phi) is 4.16. The van der Waals surface area contributed by atoms with Crippen molar-refractivity contribution in [2.75, 3.05) is 13.1 Å². The van der Waals surface area contributed by atoms with E-state index in [0.717, 1.165) is 5.56 Å². The van der Waals surface area contributed by atoms with Gasteiger partial charge < -0.3 is 4.74 Å². The molecule has 0 saturated carbocycles. The molecule has 140 valence electrons. The zero-order chi connectivity index (χ0) is 19.2. The van der Waals surface area contributed by atoms with Crippen molar-refractivity contribution in [2.45, 2.75) is 30.3 Å². The van der Waals surface area contributed by atoms with E-state index in [-0.39, 0.29) is 17.2 Å². The number of Topliss-reactive ketones (excluding diaryl/α,β-unsaturated/α-hetero) is 1. The van der Waals surface area contributed by atoms with Gasteiger partial charge in [-0.05, 0) is 38.0 Å². The predicted molar refractivity (Wildman–Crippen MR) is 98.0 cm³/mol. The Labute approximate surface area is 157 Å². The first-order valence-corrected chi connectivity index (χ1v) is 10.2. The Balaban J connectivity index is 1.67. The van der Waals surface area contributed by atoms with Gasteiger partial charge in [-0.25, -0.2) is 13.2 Å². The van der Waals surface area contributed by atoms with Gasteiger partial charge in [-0.15, -0.1) is 0 Å². The second kappa shape index (κ2) is 6.28. The van der Waals surface area contributed by atoms with Gasteiger partial charge >= 0.3 is 5.97 Å². The molecule has 0 radical (unpaired) electrons.